The van der Waals surface area contributed by atoms with E-state index in [1.165, 1.54) is 31.2 Å². The molecule has 1 aliphatic carbocycles. The molecule has 0 unspecified atom stereocenters. The van der Waals surface area contributed by atoms with Crippen molar-refractivity contribution in [3.05, 3.63) is 29.8 Å². The van der Waals surface area contributed by atoms with E-state index in [1.54, 1.807) is 7.11 Å². The molecular formula is C18H29NO2. The summed E-state index contributed by atoms with van der Waals surface area (Å²) >= 11 is 0. The molecule has 0 heterocycles. The molecule has 1 fully saturated rings. The number of ether oxygens (including phenoxy) is 2. The van der Waals surface area contributed by atoms with Crippen molar-refractivity contribution in [3.63, 3.8) is 0 Å². The van der Waals surface area contributed by atoms with Crippen molar-refractivity contribution in [2.45, 2.75) is 45.2 Å². The number of hydrogen-bond donors (Lipinski definition) is 0. The van der Waals surface area contributed by atoms with E-state index in [4.69, 9.17) is 9.47 Å². The van der Waals surface area contributed by atoms with E-state index >= 15 is 0 Å². The van der Waals surface area contributed by atoms with Crippen molar-refractivity contribution in [1.29, 1.82) is 0 Å². The number of rotatable bonds is 7. The molecule has 1 aromatic rings. The smallest absolute Gasteiger partial charge is 0.119 e. The molecular weight excluding hydrogens is 262 g/mol. The Hall–Kier alpha value is -1.06. The lowest BCUT2D eigenvalue weighted by Crippen LogP contribution is -2.34. The zero-order chi connectivity index (χ0) is 15.1. The highest BCUT2D eigenvalue weighted by Gasteiger charge is 2.21. The van der Waals surface area contributed by atoms with E-state index in [0.717, 1.165) is 24.3 Å². The number of nitrogens with zero attached hydrogens (tertiary/aromatic N) is 1. The standard InChI is InChI=1S/C18H29NO2/c1-15-7-9-17(10-8-15)19(2)14-16-5-4-6-18(13-16)21-12-11-20-3/h4-6,13,15,17H,7-12,14H2,1-3H3/t15-,17-. The summed E-state index contributed by atoms with van der Waals surface area (Å²) < 4.78 is 10.7. The monoisotopic (exact) mass is 291 g/mol. The van der Waals surface area contributed by atoms with E-state index in [1.807, 2.05) is 6.07 Å². The second kappa shape index (κ2) is 8.40. The Kier molecular flexibility index (Phi) is 6.52. The maximum atomic E-state index is 5.68. The normalized spacial score (nSPS) is 22.5. The maximum absolute atomic E-state index is 5.68. The second-order valence-electron chi connectivity index (χ2n) is 6.32. The van der Waals surface area contributed by atoms with Crippen LogP contribution in [-0.2, 0) is 11.3 Å². The van der Waals surface area contributed by atoms with Gasteiger partial charge in [0.25, 0.3) is 0 Å². The lowest BCUT2D eigenvalue weighted by atomic mass is 9.86. The third kappa shape index (κ3) is 5.33. The van der Waals surface area contributed by atoms with Crippen LogP contribution in [0, 0.1) is 5.92 Å². The molecule has 118 valence electrons. The fraction of sp³-hybridized carbons (Fsp3) is 0.667. The largest absolute Gasteiger partial charge is 0.491 e. The molecule has 0 aromatic heterocycles. The maximum Gasteiger partial charge on any atom is 0.119 e. The van der Waals surface area contributed by atoms with Crippen LogP contribution in [0.1, 0.15) is 38.2 Å². The first kappa shape index (κ1) is 16.3. The van der Waals surface area contributed by atoms with Crippen molar-refractivity contribution < 1.29 is 9.47 Å². The SMILES string of the molecule is COCCOc1cccc(CN(C)[C@H]2CC[C@H](C)CC2)c1. The molecule has 3 nitrogen and oxygen atoms in total. The van der Waals surface area contributed by atoms with Gasteiger partial charge in [-0.1, -0.05) is 19.1 Å². The highest BCUT2D eigenvalue weighted by atomic mass is 16.5. The van der Waals surface area contributed by atoms with Crippen molar-refractivity contribution >= 4 is 0 Å². The van der Waals surface area contributed by atoms with Gasteiger partial charge in [-0.25, -0.2) is 0 Å². The van der Waals surface area contributed by atoms with Crippen LogP contribution in [0.15, 0.2) is 24.3 Å². The Balaban J connectivity index is 1.85. The van der Waals surface area contributed by atoms with Crippen LogP contribution in [0.5, 0.6) is 5.75 Å². The molecule has 1 saturated carbocycles. The molecule has 0 bridgehead atoms. The van der Waals surface area contributed by atoms with Gasteiger partial charge in [0.2, 0.25) is 0 Å². The first-order valence-electron chi connectivity index (χ1n) is 8.10. The third-order valence-electron chi connectivity index (χ3n) is 4.50. The average molecular weight is 291 g/mol. The minimum Gasteiger partial charge on any atom is -0.491 e. The van der Waals surface area contributed by atoms with E-state index in [9.17, 15) is 0 Å². The lowest BCUT2D eigenvalue weighted by Gasteiger charge is -2.33. The third-order valence-corrected chi connectivity index (χ3v) is 4.50. The predicted molar refractivity (Wildman–Crippen MR) is 86.7 cm³/mol. The van der Waals surface area contributed by atoms with Gasteiger partial charge < -0.3 is 9.47 Å². The average Bonchev–Trinajstić information content (AvgIpc) is 2.48. The molecule has 1 aromatic carbocycles. The van der Waals surface area contributed by atoms with Crippen LogP contribution in [0.4, 0.5) is 0 Å². The molecule has 0 aliphatic heterocycles. The Labute approximate surface area is 129 Å². The molecule has 1 aliphatic rings. The van der Waals surface area contributed by atoms with Crippen LogP contribution in [0.3, 0.4) is 0 Å². The summed E-state index contributed by atoms with van der Waals surface area (Å²) in [7, 11) is 3.94. The number of benzene rings is 1. The summed E-state index contributed by atoms with van der Waals surface area (Å²) in [5.74, 6) is 1.85. The molecule has 0 saturated heterocycles. The van der Waals surface area contributed by atoms with Crippen LogP contribution in [-0.4, -0.2) is 38.3 Å². The van der Waals surface area contributed by atoms with E-state index in [2.05, 4.69) is 37.1 Å². The van der Waals surface area contributed by atoms with Crippen LogP contribution < -0.4 is 4.74 Å². The van der Waals surface area contributed by atoms with Gasteiger partial charge in [-0.05, 0) is 56.3 Å². The van der Waals surface area contributed by atoms with Gasteiger partial charge in [-0.2, -0.15) is 0 Å². The summed E-state index contributed by atoms with van der Waals surface area (Å²) in [6.45, 7) is 4.61. The highest BCUT2D eigenvalue weighted by molar-refractivity contribution is 5.28. The van der Waals surface area contributed by atoms with E-state index in [0.29, 0.717) is 13.2 Å². The van der Waals surface area contributed by atoms with Gasteiger partial charge in [-0.15, -0.1) is 0 Å². The first-order chi connectivity index (χ1) is 10.2. The zero-order valence-corrected chi connectivity index (χ0v) is 13.7. The molecule has 2 rings (SSSR count). The topological polar surface area (TPSA) is 21.7 Å². The minimum absolute atomic E-state index is 0.607. The summed E-state index contributed by atoms with van der Waals surface area (Å²) in [5.41, 5.74) is 1.33. The molecule has 0 spiro atoms. The Morgan fingerprint density at radius 2 is 1.90 bits per heavy atom. The van der Waals surface area contributed by atoms with Crippen molar-refractivity contribution in [3.8, 4) is 5.75 Å². The lowest BCUT2D eigenvalue weighted by molar-refractivity contribution is 0.146. The first-order valence-corrected chi connectivity index (χ1v) is 8.10. The molecule has 0 atom stereocenters. The van der Waals surface area contributed by atoms with Gasteiger partial charge in [0.1, 0.15) is 12.4 Å². The van der Waals surface area contributed by atoms with Crippen LogP contribution in [0.2, 0.25) is 0 Å². The fourth-order valence-corrected chi connectivity index (χ4v) is 3.08. The molecule has 21 heavy (non-hydrogen) atoms. The van der Waals surface area contributed by atoms with Crippen LogP contribution in [0.25, 0.3) is 0 Å². The summed E-state index contributed by atoms with van der Waals surface area (Å²) in [4.78, 5) is 2.50. The fourth-order valence-electron chi connectivity index (χ4n) is 3.08. The van der Waals surface area contributed by atoms with Crippen LogP contribution >= 0.6 is 0 Å². The summed E-state index contributed by atoms with van der Waals surface area (Å²) in [6, 6.07) is 9.16. The van der Waals surface area contributed by atoms with Gasteiger partial charge in [0.15, 0.2) is 0 Å². The number of methoxy groups -OCH3 is 1. The van der Waals surface area contributed by atoms with E-state index < -0.39 is 0 Å². The van der Waals surface area contributed by atoms with Crippen molar-refractivity contribution in [1.82, 2.24) is 4.90 Å². The summed E-state index contributed by atoms with van der Waals surface area (Å²) in [5, 5.41) is 0. The quantitative estimate of drug-likeness (QED) is 0.715. The van der Waals surface area contributed by atoms with Gasteiger partial charge in [-0.3, -0.25) is 4.90 Å². The van der Waals surface area contributed by atoms with Gasteiger partial charge in [0.05, 0.1) is 6.61 Å². The zero-order valence-electron chi connectivity index (χ0n) is 13.7. The highest BCUT2D eigenvalue weighted by Crippen LogP contribution is 2.27. The Morgan fingerprint density at radius 3 is 2.62 bits per heavy atom. The Morgan fingerprint density at radius 1 is 1.14 bits per heavy atom. The molecule has 0 amide bonds. The minimum atomic E-state index is 0.607. The van der Waals surface area contributed by atoms with E-state index in [-0.39, 0.29) is 0 Å². The molecule has 0 radical (unpaired) electrons. The predicted octanol–water partition coefficient (Wildman–Crippen LogP) is 3.72. The molecule has 3 heteroatoms. The Bertz CT molecular complexity index is 413. The second-order valence-corrected chi connectivity index (χ2v) is 6.32. The van der Waals surface area contributed by atoms with Gasteiger partial charge >= 0.3 is 0 Å². The van der Waals surface area contributed by atoms with Gasteiger partial charge in [0, 0.05) is 19.7 Å². The van der Waals surface area contributed by atoms with Crippen molar-refractivity contribution in [2.75, 3.05) is 27.4 Å². The molecule has 0 N–H and O–H groups in total. The van der Waals surface area contributed by atoms with Crippen molar-refractivity contribution in [2.24, 2.45) is 5.92 Å². The summed E-state index contributed by atoms with van der Waals surface area (Å²) in [6.07, 6.45) is 5.41. The number of hydrogen-bond acceptors (Lipinski definition) is 3.